The fourth-order valence-electron chi connectivity index (χ4n) is 2.44. The maximum Gasteiger partial charge on any atom is 0.242 e. The van der Waals surface area contributed by atoms with Crippen molar-refractivity contribution in [2.75, 3.05) is 5.32 Å². The standard InChI is InChI=1S/C18H16N2O2S2/c21-16(19-14-9-5-2-6-10-14)11-15-17(22)20(18(23)24-15)12-13-7-3-1-4-8-13/h1-10,15H,11-12H2,(H,19,21)/t15-/m1/s1. The molecule has 2 aromatic carbocycles. The van der Waals surface area contributed by atoms with E-state index < -0.39 is 5.25 Å². The van der Waals surface area contributed by atoms with Crippen LogP contribution in [-0.2, 0) is 16.1 Å². The summed E-state index contributed by atoms with van der Waals surface area (Å²) in [5.41, 5.74) is 1.74. The summed E-state index contributed by atoms with van der Waals surface area (Å²) >= 11 is 6.60. The topological polar surface area (TPSA) is 49.4 Å². The van der Waals surface area contributed by atoms with Crippen LogP contribution in [0.3, 0.4) is 0 Å². The number of para-hydroxylation sites is 1. The van der Waals surface area contributed by atoms with E-state index in [4.69, 9.17) is 12.2 Å². The molecule has 1 N–H and O–H groups in total. The van der Waals surface area contributed by atoms with Crippen LogP contribution in [0, 0.1) is 0 Å². The van der Waals surface area contributed by atoms with Gasteiger partial charge in [0.15, 0.2) is 0 Å². The van der Waals surface area contributed by atoms with Gasteiger partial charge in [0.05, 0.1) is 11.8 Å². The Hall–Kier alpha value is -2.18. The van der Waals surface area contributed by atoms with Crippen LogP contribution in [0.25, 0.3) is 0 Å². The summed E-state index contributed by atoms with van der Waals surface area (Å²) in [6.07, 6.45) is 0.115. The van der Waals surface area contributed by atoms with Crippen molar-refractivity contribution in [1.82, 2.24) is 4.90 Å². The molecule has 1 saturated heterocycles. The Bertz CT molecular complexity index is 750. The van der Waals surface area contributed by atoms with E-state index in [0.29, 0.717) is 10.9 Å². The molecule has 0 saturated carbocycles. The van der Waals surface area contributed by atoms with E-state index in [1.54, 1.807) is 4.90 Å². The zero-order chi connectivity index (χ0) is 16.9. The number of anilines is 1. The molecular formula is C18H16N2O2S2. The minimum absolute atomic E-state index is 0.0999. The third-order valence-electron chi connectivity index (χ3n) is 3.62. The Morgan fingerprint density at radius 1 is 1.08 bits per heavy atom. The molecule has 4 nitrogen and oxygen atoms in total. The SMILES string of the molecule is O=C(C[C@H]1SC(=S)N(Cc2ccccc2)C1=O)Nc1ccccc1. The van der Waals surface area contributed by atoms with Gasteiger partial charge in [-0.3, -0.25) is 14.5 Å². The lowest BCUT2D eigenvalue weighted by Gasteiger charge is -2.15. The van der Waals surface area contributed by atoms with Crippen molar-refractivity contribution in [3.8, 4) is 0 Å². The van der Waals surface area contributed by atoms with Gasteiger partial charge in [0, 0.05) is 12.1 Å². The fraction of sp³-hybridized carbons (Fsp3) is 0.167. The van der Waals surface area contributed by atoms with Crippen LogP contribution in [0.1, 0.15) is 12.0 Å². The van der Waals surface area contributed by atoms with Crippen LogP contribution in [-0.4, -0.2) is 26.3 Å². The van der Waals surface area contributed by atoms with Crippen molar-refractivity contribution >= 4 is 45.8 Å². The average Bonchev–Trinajstić information content (AvgIpc) is 2.84. The Balaban J connectivity index is 1.60. The highest BCUT2D eigenvalue weighted by Crippen LogP contribution is 2.31. The lowest BCUT2D eigenvalue weighted by molar-refractivity contribution is -0.128. The van der Waals surface area contributed by atoms with Crippen LogP contribution in [0.15, 0.2) is 60.7 Å². The highest BCUT2D eigenvalue weighted by atomic mass is 32.2. The molecule has 3 rings (SSSR count). The highest BCUT2D eigenvalue weighted by molar-refractivity contribution is 8.24. The Morgan fingerprint density at radius 3 is 2.38 bits per heavy atom. The number of thioether (sulfide) groups is 1. The van der Waals surface area contributed by atoms with E-state index in [9.17, 15) is 9.59 Å². The summed E-state index contributed by atoms with van der Waals surface area (Å²) in [7, 11) is 0. The van der Waals surface area contributed by atoms with Gasteiger partial charge in [0.1, 0.15) is 4.32 Å². The number of carbonyl (C=O) groups excluding carboxylic acids is 2. The van der Waals surface area contributed by atoms with Gasteiger partial charge in [-0.1, -0.05) is 72.5 Å². The molecule has 0 radical (unpaired) electrons. The molecule has 0 unspecified atom stereocenters. The van der Waals surface area contributed by atoms with Crippen molar-refractivity contribution in [1.29, 1.82) is 0 Å². The molecule has 122 valence electrons. The van der Waals surface area contributed by atoms with Crippen molar-refractivity contribution in [3.63, 3.8) is 0 Å². The molecule has 1 aliphatic heterocycles. The average molecular weight is 356 g/mol. The zero-order valence-corrected chi connectivity index (χ0v) is 14.5. The van der Waals surface area contributed by atoms with E-state index in [-0.39, 0.29) is 18.2 Å². The number of nitrogens with one attached hydrogen (secondary N) is 1. The van der Waals surface area contributed by atoms with Crippen molar-refractivity contribution in [2.45, 2.75) is 18.2 Å². The van der Waals surface area contributed by atoms with Crippen LogP contribution in [0.5, 0.6) is 0 Å². The number of benzene rings is 2. The Morgan fingerprint density at radius 2 is 1.71 bits per heavy atom. The minimum atomic E-state index is -0.454. The summed E-state index contributed by atoms with van der Waals surface area (Å²) in [4.78, 5) is 26.3. The number of rotatable bonds is 5. The van der Waals surface area contributed by atoms with Crippen LogP contribution in [0.4, 0.5) is 5.69 Å². The second-order valence-corrected chi connectivity index (χ2v) is 7.24. The van der Waals surface area contributed by atoms with Gasteiger partial charge in [-0.25, -0.2) is 0 Å². The van der Waals surface area contributed by atoms with Gasteiger partial charge in [-0.2, -0.15) is 0 Å². The molecule has 24 heavy (non-hydrogen) atoms. The lowest BCUT2D eigenvalue weighted by Crippen LogP contribution is -2.32. The maximum atomic E-state index is 12.5. The first-order valence-electron chi connectivity index (χ1n) is 7.54. The monoisotopic (exact) mass is 356 g/mol. The third kappa shape index (κ3) is 4.01. The Kier molecular flexibility index (Phi) is 5.27. The molecular weight excluding hydrogens is 340 g/mol. The lowest BCUT2D eigenvalue weighted by atomic mass is 10.2. The Labute approximate surface area is 150 Å². The number of hydrogen-bond donors (Lipinski definition) is 1. The summed E-state index contributed by atoms with van der Waals surface area (Å²) in [5, 5.41) is 2.35. The van der Waals surface area contributed by atoms with E-state index in [0.717, 1.165) is 11.3 Å². The molecule has 2 amide bonds. The highest BCUT2D eigenvalue weighted by Gasteiger charge is 2.37. The second-order valence-electron chi connectivity index (χ2n) is 5.40. The predicted octanol–water partition coefficient (Wildman–Crippen LogP) is 3.44. The zero-order valence-electron chi connectivity index (χ0n) is 12.8. The molecule has 1 atom stereocenters. The number of amides is 2. The molecule has 1 aliphatic rings. The minimum Gasteiger partial charge on any atom is -0.326 e. The summed E-state index contributed by atoms with van der Waals surface area (Å²) < 4.78 is 0.529. The first-order valence-corrected chi connectivity index (χ1v) is 8.83. The molecule has 0 aromatic heterocycles. The second kappa shape index (κ2) is 7.59. The third-order valence-corrected chi connectivity index (χ3v) is 5.20. The molecule has 1 heterocycles. The number of carbonyl (C=O) groups is 2. The molecule has 1 fully saturated rings. The van der Waals surface area contributed by atoms with E-state index in [1.165, 1.54) is 11.8 Å². The fourth-order valence-corrected chi connectivity index (χ4v) is 3.93. The van der Waals surface area contributed by atoms with E-state index in [2.05, 4.69) is 5.32 Å². The van der Waals surface area contributed by atoms with Gasteiger partial charge in [-0.05, 0) is 17.7 Å². The molecule has 0 bridgehead atoms. The number of thiocarbonyl (C=S) groups is 1. The van der Waals surface area contributed by atoms with Gasteiger partial charge < -0.3 is 5.32 Å². The quantitative estimate of drug-likeness (QED) is 0.834. The van der Waals surface area contributed by atoms with Gasteiger partial charge in [-0.15, -0.1) is 0 Å². The molecule has 0 aliphatic carbocycles. The van der Waals surface area contributed by atoms with Crippen LogP contribution >= 0.6 is 24.0 Å². The first-order chi connectivity index (χ1) is 11.6. The van der Waals surface area contributed by atoms with Crippen LogP contribution in [0.2, 0.25) is 0 Å². The van der Waals surface area contributed by atoms with Crippen molar-refractivity contribution in [2.24, 2.45) is 0 Å². The predicted molar refractivity (Wildman–Crippen MR) is 101 cm³/mol. The normalized spacial score (nSPS) is 17.2. The summed E-state index contributed by atoms with van der Waals surface area (Å²) in [6, 6.07) is 18.9. The van der Waals surface area contributed by atoms with Gasteiger partial charge in [0.2, 0.25) is 11.8 Å². The number of hydrogen-bond acceptors (Lipinski definition) is 4. The van der Waals surface area contributed by atoms with Gasteiger partial charge >= 0.3 is 0 Å². The smallest absolute Gasteiger partial charge is 0.242 e. The summed E-state index contributed by atoms with van der Waals surface area (Å²) in [6.45, 7) is 0.447. The maximum absolute atomic E-state index is 12.5. The van der Waals surface area contributed by atoms with Crippen molar-refractivity contribution < 1.29 is 9.59 Å². The van der Waals surface area contributed by atoms with Crippen molar-refractivity contribution in [3.05, 3.63) is 66.2 Å². The molecule has 6 heteroatoms. The van der Waals surface area contributed by atoms with Crippen LogP contribution < -0.4 is 5.32 Å². The number of nitrogens with zero attached hydrogens (tertiary/aromatic N) is 1. The van der Waals surface area contributed by atoms with Gasteiger partial charge in [0.25, 0.3) is 0 Å². The van der Waals surface area contributed by atoms with E-state index >= 15 is 0 Å². The molecule has 0 spiro atoms. The van der Waals surface area contributed by atoms with E-state index in [1.807, 2.05) is 60.7 Å². The first kappa shape index (κ1) is 16.7. The molecule has 2 aromatic rings. The largest absolute Gasteiger partial charge is 0.326 e. The summed E-state index contributed by atoms with van der Waals surface area (Å²) in [5.74, 6) is -0.284.